The van der Waals surface area contributed by atoms with E-state index in [2.05, 4.69) is 6.58 Å². The molecule has 0 aromatic heterocycles. The summed E-state index contributed by atoms with van der Waals surface area (Å²) in [5, 5.41) is 9.98. The fourth-order valence-electron chi connectivity index (χ4n) is 1.70. The van der Waals surface area contributed by atoms with Gasteiger partial charge in [-0.3, -0.25) is 0 Å². The van der Waals surface area contributed by atoms with Gasteiger partial charge in [0.1, 0.15) is 0 Å². The van der Waals surface area contributed by atoms with Gasteiger partial charge in [0.05, 0.1) is 6.10 Å². The zero-order chi connectivity index (χ0) is 14.4. The van der Waals surface area contributed by atoms with Gasteiger partial charge >= 0.3 is 0 Å². The summed E-state index contributed by atoms with van der Waals surface area (Å²) in [5.74, 6) is -1.71. The van der Waals surface area contributed by atoms with Crippen LogP contribution in [0.5, 0.6) is 0 Å². The molecule has 1 rings (SSSR count). The van der Waals surface area contributed by atoms with Gasteiger partial charge < -0.3 is 5.11 Å². The predicted molar refractivity (Wildman–Crippen MR) is 73.9 cm³/mol. The molecule has 1 N–H and O–H groups in total. The summed E-state index contributed by atoms with van der Waals surface area (Å²) < 4.78 is 26.4. The summed E-state index contributed by atoms with van der Waals surface area (Å²) in [7, 11) is 0. The van der Waals surface area contributed by atoms with E-state index >= 15 is 0 Å². The lowest BCUT2D eigenvalue weighted by Crippen LogP contribution is -2.12. The van der Waals surface area contributed by atoms with Gasteiger partial charge in [0, 0.05) is 6.42 Å². The summed E-state index contributed by atoms with van der Waals surface area (Å²) in [5.41, 5.74) is 1.57. The zero-order valence-electron chi connectivity index (χ0n) is 11.2. The minimum Gasteiger partial charge on any atom is -0.388 e. The van der Waals surface area contributed by atoms with E-state index in [9.17, 15) is 13.9 Å². The van der Waals surface area contributed by atoms with Crippen LogP contribution in [0.1, 0.15) is 18.1 Å². The van der Waals surface area contributed by atoms with E-state index in [4.69, 9.17) is 0 Å². The summed E-state index contributed by atoms with van der Waals surface area (Å²) in [4.78, 5) is 0. The van der Waals surface area contributed by atoms with Crippen LogP contribution in [-0.2, 0) is 6.42 Å². The van der Waals surface area contributed by atoms with Gasteiger partial charge in [0.15, 0.2) is 11.6 Å². The Hall–Kier alpha value is -1.74. The number of aliphatic hydroxyl groups excluding tert-OH is 1. The minimum absolute atomic E-state index is 0.246. The highest BCUT2D eigenvalue weighted by Gasteiger charge is 2.11. The number of hydrogen-bond acceptors (Lipinski definition) is 1. The van der Waals surface area contributed by atoms with Crippen LogP contribution in [0.3, 0.4) is 0 Å². The van der Waals surface area contributed by atoms with Gasteiger partial charge in [-0.1, -0.05) is 36.9 Å². The van der Waals surface area contributed by atoms with E-state index in [1.54, 1.807) is 37.3 Å². The molecule has 1 aromatic carbocycles. The minimum atomic E-state index is -0.879. The first-order valence-electron chi connectivity index (χ1n) is 6.04. The van der Waals surface area contributed by atoms with Gasteiger partial charge in [-0.05, 0) is 36.6 Å². The molecule has 0 bridgehead atoms. The van der Waals surface area contributed by atoms with Crippen molar-refractivity contribution < 1.29 is 13.9 Å². The molecule has 102 valence electrons. The van der Waals surface area contributed by atoms with Crippen molar-refractivity contribution in [1.29, 1.82) is 0 Å². The van der Waals surface area contributed by atoms with E-state index in [1.165, 1.54) is 6.92 Å². The number of allylic oxidation sites excluding steroid dienone is 4. The van der Waals surface area contributed by atoms with Crippen LogP contribution in [0.25, 0.3) is 0 Å². The largest absolute Gasteiger partial charge is 0.388 e. The van der Waals surface area contributed by atoms with Crippen molar-refractivity contribution in [3.05, 3.63) is 71.4 Å². The fraction of sp³-hybridized carbons (Fsp3) is 0.250. The van der Waals surface area contributed by atoms with Crippen molar-refractivity contribution in [2.24, 2.45) is 0 Å². The molecular weight excluding hydrogens is 246 g/mol. The van der Waals surface area contributed by atoms with Gasteiger partial charge in [0.25, 0.3) is 0 Å². The summed E-state index contributed by atoms with van der Waals surface area (Å²) >= 11 is 0. The smallest absolute Gasteiger partial charge is 0.161 e. The lowest BCUT2D eigenvalue weighted by Gasteiger charge is -2.12. The molecule has 3 heteroatoms. The van der Waals surface area contributed by atoms with Crippen molar-refractivity contribution in [3.63, 3.8) is 0 Å². The third-order valence-corrected chi connectivity index (χ3v) is 2.83. The maximum absolute atomic E-state index is 13.2. The van der Waals surface area contributed by atoms with Gasteiger partial charge in [0.2, 0.25) is 0 Å². The van der Waals surface area contributed by atoms with Crippen molar-refractivity contribution >= 4 is 0 Å². The molecule has 0 aliphatic carbocycles. The molecule has 1 unspecified atom stereocenters. The second-order valence-electron chi connectivity index (χ2n) is 4.46. The molecule has 0 radical (unpaired) electrons. The van der Waals surface area contributed by atoms with E-state index < -0.39 is 17.7 Å². The quantitative estimate of drug-likeness (QED) is 0.800. The normalized spacial score (nSPS) is 13.8. The summed E-state index contributed by atoms with van der Waals surface area (Å²) in [6.45, 7) is 6.83. The molecular formula is C16H18F2O. The van der Waals surface area contributed by atoms with Crippen LogP contribution in [0, 0.1) is 18.6 Å². The Bertz CT molecular complexity index is 492. The molecule has 0 saturated carbocycles. The molecule has 0 amide bonds. The number of hydrogen-bond donors (Lipinski definition) is 1. The Balaban J connectivity index is 2.82. The van der Waals surface area contributed by atoms with Crippen LogP contribution >= 0.6 is 0 Å². The van der Waals surface area contributed by atoms with Crippen LogP contribution in [0.4, 0.5) is 8.78 Å². The topological polar surface area (TPSA) is 20.2 Å². The number of aryl methyl sites for hydroxylation is 1. The predicted octanol–water partition coefficient (Wildman–Crippen LogP) is 3.87. The molecule has 1 aromatic rings. The first-order chi connectivity index (χ1) is 8.95. The fourth-order valence-corrected chi connectivity index (χ4v) is 1.70. The number of benzene rings is 1. The second-order valence-corrected chi connectivity index (χ2v) is 4.46. The van der Waals surface area contributed by atoms with Crippen LogP contribution in [-0.4, -0.2) is 11.2 Å². The summed E-state index contributed by atoms with van der Waals surface area (Å²) in [6, 6.07) is 2.67. The standard InChI is InChI=1S/C16H18F2O/c1-4-5-6-7-11(2)15(19)10-13-8-12(3)16(18)14(17)9-13/h4-9,15,19H,1,10H2,2-3H3/b6-5-,11-7+. The Labute approximate surface area is 112 Å². The molecule has 0 aliphatic rings. The first kappa shape index (κ1) is 15.3. The van der Waals surface area contributed by atoms with E-state index in [1.807, 2.05) is 0 Å². The van der Waals surface area contributed by atoms with Gasteiger partial charge in [-0.2, -0.15) is 0 Å². The van der Waals surface area contributed by atoms with Crippen LogP contribution in [0.15, 0.2) is 48.6 Å². The molecule has 0 aliphatic heterocycles. The monoisotopic (exact) mass is 264 g/mol. The second kappa shape index (κ2) is 7.00. The lowest BCUT2D eigenvalue weighted by atomic mass is 10.0. The molecule has 1 atom stereocenters. The molecule has 0 saturated heterocycles. The summed E-state index contributed by atoms with van der Waals surface area (Å²) in [6.07, 6.45) is 6.44. The van der Waals surface area contributed by atoms with Gasteiger partial charge in [-0.15, -0.1) is 0 Å². The third-order valence-electron chi connectivity index (χ3n) is 2.83. The average molecular weight is 264 g/mol. The maximum Gasteiger partial charge on any atom is 0.161 e. The Morgan fingerprint density at radius 1 is 1.37 bits per heavy atom. The van der Waals surface area contributed by atoms with Crippen LogP contribution < -0.4 is 0 Å². The zero-order valence-corrected chi connectivity index (χ0v) is 11.2. The number of halogens is 2. The third kappa shape index (κ3) is 4.45. The highest BCUT2D eigenvalue weighted by Crippen LogP contribution is 2.17. The van der Waals surface area contributed by atoms with E-state index in [-0.39, 0.29) is 12.0 Å². The Kier molecular flexibility index (Phi) is 5.64. The maximum atomic E-state index is 13.2. The Morgan fingerprint density at radius 2 is 2.05 bits per heavy atom. The van der Waals surface area contributed by atoms with Crippen molar-refractivity contribution in [2.75, 3.05) is 0 Å². The number of rotatable bonds is 5. The molecule has 1 nitrogen and oxygen atoms in total. The van der Waals surface area contributed by atoms with E-state index in [0.717, 1.165) is 11.6 Å². The van der Waals surface area contributed by atoms with Crippen molar-refractivity contribution in [3.8, 4) is 0 Å². The van der Waals surface area contributed by atoms with E-state index in [0.29, 0.717) is 5.56 Å². The molecule has 0 fully saturated rings. The van der Waals surface area contributed by atoms with Crippen LogP contribution in [0.2, 0.25) is 0 Å². The van der Waals surface area contributed by atoms with Crippen molar-refractivity contribution in [2.45, 2.75) is 26.4 Å². The SMILES string of the molecule is C=C/C=C\C=C(/C)C(O)Cc1cc(C)c(F)c(F)c1. The lowest BCUT2D eigenvalue weighted by molar-refractivity contribution is 0.211. The first-order valence-corrected chi connectivity index (χ1v) is 6.04. The molecule has 0 heterocycles. The number of aliphatic hydroxyl groups is 1. The van der Waals surface area contributed by atoms with Gasteiger partial charge in [-0.25, -0.2) is 8.78 Å². The Morgan fingerprint density at radius 3 is 2.63 bits per heavy atom. The highest BCUT2D eigenvalue weighted by molar-refractivity contribution is 5.27. The van der Waals surface area contributed by atoms with Crippen molar-refractivity contribution in [1.82, 2.24) is 0 Å². The average Bonchev–Trinajstić information content (AvgIpc) is 2.36. The molecule has 19 heavy (non-hydrogen) atoms. The highest BCUT2D eigenvalue weighted by atomic mass is 19.2. The molecule has 0 spiro atoms.